The maximum atomic E-state index is 11.9. The predicted octanol–water partition coefficient (Wildman–Crippen LogP) is 1.79. The molecule has 0 atom stereocenters. The zero-order chi connectivity index (χ0) is 10.8. The second kappa shape index (κ2) is 4.21. The van der Waals surface area contributed by atoms with Crippen molar-refractivity contribution in [2.75, 3.05) is 0 Å². The van der Waals surface area contributed by atoms with Gasteiger partial charge in [0.2, 0.25) is 0 Å². The molecule has 4 heteroatoms. The van der Waals surface area contributed by atoms with Crippen LogP contribution < -0.4 is 5.69 Å². The summed E-state index contributed by atoms with van der Waals surface area (Å²) in [6, 6.07) is 0.383. The van der Waals surface area contributed by atoms with Gasteiger partial charge in [-0.1, -0.05) is 25.7 Å². The summed E-state index contributed by atoms with van der Waals surface area (Å²) in [5.41, 5.74) is 0.0411. The minimum atomic E-state index is 0.0411. The lowest BCUT2D eigenvalue weighted by Gasteiger charge is -2.15. The van der Waals surface area contributed by atoms with Gasteiger partial charge >= 0.3 is 5.69 Å². The van der Waals surface area contributed by atoms with Gasteiger partial charge < -0.3 is 0 Å². The maximum absolute atomic E-state index is 11.9. The average molecular weight is 209 g/mol. The first-order valence-corrected chi connectivity index (χ1v) is 5.82. The van der Waals surface area contributed by atoms with Crippen LogP contribution in [0.5, 0.6) is 0 Å². The molecule has 0 amide bonds. The van der Waals surface area contributed by atoms with E-state index in [1.54, 1.807) is 7.05 Å². The Bertz CT molecular complexity index is 383. The molecule has 0 aliphatic heterocycles. The number of hydrogen-bond donors (Lipinski definition) is 0. The molecule has 0 saturated heterocycles. The van der Waals surface area contributed by atoms with Crippen LogP contribution in [0.25, 0.3) is 0 Å². The highest BCUT2D eigenvalue weighted by atomic mass is 16.2. The Morgan fingerprint density at radius 3 is 2.27 bits per heavy atom. The number of rotatable bonds is 1. The molecular weight excluding hydrogens is 190 g/mol. The number of hydrogen-bond acceptors (Lipinski definition) is 2. The van der Waals surface area contributed by atoms with E-state index >= 15 is 0 Å². The molecule has 4 nitrogen and oxygen atoms in total. The summed E-state index contributed by atoms with van der Waals surface area (Å²) in [6.45, 7) is 1.92. The Kier molecular flexibility index (Phi) is 2.93. The fourth-order valence-corrected chi connectivity index (χ4v) is 2.54. The van der Waals surface area contributed by atoms with Crippen molar-refractivity contribution in [1.29, 1.82) is 0 Å². The van der Waals surface area contributed by atoms with Crippen molar-refractivity contribution >= 4 is 0 Å². The molecular formula is C11H19N3O. The van der Waals surface area contributed by atoms with Crippen molar-refractivity contribution in [1.82, 2.24) is 14.3 Å². The number of aromatic nitrogens is 3. The molecule has 1 aliphatic rings. The van der Waals surface area contributed by atoms with E-state index in [9.17, 15) is 4.79 Å². The number of nitrogens with zero attached hydrogens (tertiary/aromatic N) is 3. The van der Waals surface area contributed by atoms with E-state index in [1.807, 2.05) is 11.5 Å². The second-order valence-corrected chi connectivity index (χ2v) is 4.47. The minimum Gasteiger partial charge on any atom is -0.276 e. The van der Waals surface area contributed by atoms with E-state index < -0.39 is 0 Å². The van der Waals surface area contributed by atoms with E-state index in [0.29, 0.717) is 6.04 Å². The highest BCUT2D eigenvalue weighted by molar-refractivity contribution is 4.88. The monoisotopic (exact) mass is 209 g/mol. The third-order valence-corrected chi connectivity index (χ3v) is 3.32. The van der Waals surface area contributed by atoms with Crippen molar-refractivity contribution < 1.29 is 0 Å². The Morgan fingerprint density at radius 1 is 1.20 bits per heavy atom. The van der Waals surface area contributed by atoms with Crippen molar-refractivity contribution in [3.8, 4) is 0 Å². The van der Waals surface area contributed by atoms with Gasteiger partial charge in [0.1, 0.15) is 5.82 Å². The summed E-state index contributed by atoms with van der Waals surface area (Å²) in [4.78, 5) is 11.9. The lowest BCUT2D eigenvalue weighted by Crippen LogP contribution is -2.26. The normalized spacial score (nSPS) is 19.1. The van der Waals surface area contributed by atoms with Gasteiger partial charge in [-0.3, -0.25) is 4.57 Å². The smallest absolute Gasteiger partial charge is 0.276 e. The SMILES string of the molecule is Cc1nn(C)c(=O)n1C1CCCCCC1. The first kappa shape index (κ1) is 10.5. The Hall–Kier alpha value is -1.06. The van der Waals surface area contributed by atoms with Crippen LogP contribution in [-0.2, 0) is 7.05 Å². The summed E-state index contributed by atoms with van der Waals surface area (Å²) in [6.07, 6.45) is 7.37. The van der Waals surface area contributed by atoms with E-state index in [-0.39, 0.29) is 5.69 Å². The molecule has 2 rings (SSSR count). The largest absolute Gasteiger partial charge is 0.345 e. The van der Waals surface area contributed by atoms with Crippen LogP contribution in [0.3, 0.4) is 0 Å². The fraction of sp³-hybridized carbons (Fsp3) is 0.818. The Balaban J connectivity index is 2.30. The van der Waals surface area contributed by atoms with Gasteiger partial charge in [0.25, 0.3) is 0 Å². The van der Waals surface area contributed by atoms with Crippen molar-refractivity contribution in [2.45, 2.75) is 51.5 Å². The van der Waals surface area contributed by atoms with Gasteiger partial charge in [-0.25, -0.2) is 9.48 Å². The van der Waals surface area contributed by atoms with Gasteiger partial charge in [0.15, 0.2) is 0 Å². The molecule has 15 heavy (non-hydrogen) atoms. The van der Waals surface area contributed by atoms with Crippen LogP contribution in [0.4, 0.5) is 0 Å². The van der Waals surface area contributed by atoms with Gasteiger partial charge in [-0.2, -0.15) is 5.10 Å². The van der Waals surface area contributed by atoms with E-state index in [2.05, 4.69) is 5.10 Å². The zero-order valence-corrected chi connectivity index (χ0v) is 9.57. The summed E-state index contributed by atoms with van der Waals surface area (Å²) < 4.78 is 3.32. The van der Waals surface area contributed by atoms with Crippen LogP contribution >= 0.6 is 0 Å². The molecule has 1 aromatic rings. The highest BCUT2D eigenvalue weighted by Crippen LogP contribution is 2.26. The Labute approximate surface area is 89.9 Å². The molecule has 1 aliphatic carbocycles. The molecule has 0 N–H and O–H groups in total. The zero-order valence-electron chi connectivity index (χ0n) is 9.57. The topological polar surface area (TPSA) is 39.8 Å². The molecule has 0 aromatic carbocycles. The lowest BCUT2D eigenvalue weighted by molar-refractivity contribution is 0.422. The molecule has 1 heterocycles. The van der Waals surface area contributed by atoms with Crippen LogP contribution in [0, 0.1) is 6.92 Å². The quantitative estimate of drug-likeness (QED) is 0.661. The third-order valence-electron chi connectivity index (χ3n) is 3.32. The van der Waals surface area contributed by atoms with Crippen molar-refractivity contribution in [3.63, 3.8) is 0 Å². The fourth-order valence-electron chi connectivity index (χ4n) is 2.54. The third kappa shape index (κ3) is 1.98. The predicted molar refractivity (Wildman–Crippen MR) is 58.9 cm³/mol. The summed E-state index contributed by atoms with van der Waals surface area (Å²) in [5, 5.41) is 4.18. The molecule has 0 spiro atoms. The molecule has 0 bridgehead atoms. The van der Waals surface area contributed by atoms with E-state index in [1.165, 1.54) is 30.4 Å². The molecule has 0 unspecified atom stereocenters. The number of aryl methyl sites for hydroxylation is 2. The Morgan fingerprint density at radius 2 is 1.80 bits per heavy atom. The second-order valence-electron chi connectivity index (χ2n) is 4.47. The van der Waals surface area contributed by atoms with Gasteiger partial charge in [0.05, 0.1) is 0 Å². The minimum absolute atomic E-state index is 0.0411. The van der Waals surface area contributed by atoms with Gasteiger partial charge in [-0.05, 0) is 19.8 Å². The van der Waals surface area contributed by atoms with Crippen LogP contribution in [0.1, 0.15) is 50.4 Å². The van der Waals surface area contributed by atoms with Crippen LogP contribution in [0.15, 0.2) is 4.79 Å². The first-order valence-electron chi connectivity index (χ1n) is 5.82. The van der Waals surface area contributed by atoms with Gasteiger partial charge in [-0.15, -0.1) is 0 Å². The summed E-state index contributed by atoms with van der Waals surface area (Å²) in [5.74, 6) is 0.856. The molecule has 0 radical (unpaired) electrons. The average Bonchev–Trinajstić information content (AvgIpc) is 2.46. The van der Waals surface area contributed by atoms with Crippen LogP contribution in [-0.4, -0.2) is 14.3 Å². The van der Waals surface area contributed by atoms with E-state index in [4.69, 9.17) is 0 Å². The lowest BCUT2D eigenvalue weighted by atomic mass is 10.1. The van der Waals surface area contributed by atoms with E-state index in [0.717, 1.165) is 18.7 Å². The summed E-state index contributed by atoms with van der Waals surface area (Å²) >= 11 is 0. The van der Waals surface area contributed by atoms with Crippen LogP contribution in [0.2, 0.25) is 0 Å². The van der Waals surface area contributed by atoms with Gasteiger partial charge in [0, 0.05) is 13.1 Å². The van der Waals surface area contributed by atoms with Crippen molar-refractivity contribution in [3.05, 3.63) is 16.3 Å². The first-order chi connectivity index (χ1) is 7.20. The maximum Gasteiger partial charge on any atom is 0.345 e. The highest BCUT2D eigenvalue weighted by Gasteiger charge is 2.19. The standard InChI is InChI=1S/C11H19N3O/c1-9-12-13(2)11(15)14(9)10-7-5-3-4-6-8-10/h10H,3-8H2,1-2H3. The summed E-state index contributed by atoms with van der Waals surface area (Å²) in [7, 11) is 1.72. The molecule has 84 valence electrons. The van der Waals surface area contributed by atoms with Crippen molar-refractivity contribution in [2.24, 2.45) is 7.05 Å². The molecule has 1 aromatic heterocycles. The molecule has 1 fully saturated rings. The molecule has 1 saturated carbocycles.